The molecule has 3 aromatic heterocycles. The van der Waals surface area contributed by atoms with Gasteiger partial charge in [-0.2, -0.15) is 0 Å². The van der Waals surface area contributed by atoms with Crippen LogP contribution in [0.2, 0.25) is 0 Å². The van der Waals surface area contributed by atoms with E-state index < -0.39 is 0 Å². The third-order valence-corrected chi connectivity index (χ3v) is 5.89. The number of carbonyl (C=O) groups is 1. The molecule has 2 amide bonds. The molecule has 1 aliphatic rings. The summed E-state index contributed by atoms with van der Waals surface area (Å²) in [6.45, 7) is 9.49. The number of ether oxygens (including phenoxy) is 1. The van der Waals surface area contributed by atoms with Crippen LogP contribution in [0.15, 0.2) is 60.9 Å². The summed E-state index contributed by atoms with van der Waals surface area (Å²) in [5, 5.41) is 10.5. The first-order valence-electron chi connectivity index (χ1n) is 11.7. The number of rotatable bonds is 4. The van der Waals surface area contributed by atoms with Crippen LogP contribution in [0.25, 0.3) is 16.9 Å². The SMILES string of the molecule is CC(C)(C)c1ccc2c(N3CCOCC3)nc(-c3ccc(NC(=O)Nc4cccnc4)cc3)nn12. The molecular weight excluding hydrogens is 442 g/mol. The summed E-state index contributed by atoms with van der Waals surface area (Å²) >= 11 is 0. The maximum Gasteiger partial charge on any atom is 0.323 e. The minimum Gasteiger partial charge on any atom is -0.378 e. The Labute approximate surface area is 204 Å². The molecular formula is C26H29N7O2. The average molecular weight is 472 g/mol. The van der Waals surface area contributed by atoms with Crippen molar-refractivity contribution < 1.29 is 9.53 Å². The Hall–Kier alpha value is -3.98. The molecule has 9 heteroatoms. The standard InChI is InChI=1S/C26H29N7O2/c1-26(2,3)22-11-10-21-24(32-13-15-35-16-14-32)30-23(31-33(21)22)18-6-8-19(9-7-18)28-25(34)29-20-5-4-12-27-17-20/h4-12,17H,13-16H2,1-3H3,(H2,28,29,34). The van der Waals surface area contributed by atoms with E-state index in [-0.39, 0.29) is 11.4 Å². The maximum absolute atomic E-state index is 12.3. The van der Waals surface area contributed by atoms with Gasteiger partial charge in [-0.3, -0.25) is 4.98 Å². The number of benzene rings is 1. The first-order chi connectivity index (χ1) is 16.9. The number of urea groups is 1. The fourth-order valence-corrected chi connectivity index (χ4v) is 4.11. The van der Waals surface area contributed by atoms with Gasteiger partial charge in [-0.15, -0.1) is 5.10 Å². The van der Waals surface area contributed by atoms with E-state index in [9.17, 15) is 4.79 Å². The molecule has 1 aromatic carbocycles. The molecule has 2 N–H and O–H groups in total. The summed E-state index contributed by atoms with van der Waals surface area (Å²) in [6, 6.07) is 15.0. The van der Waals surface area contributed by atoms with Gasteiger partial charge in [0.05, 0.1) is 25.1 Å². The van der Waals surface area contributed by atoms with Crippen molar-refractivity contribution >= 4 is 28.7 Å². The van der Waals surface area contributed by atoms with Crippen LogP contribution in [0.1, 0.15) is 26.5 Å². The Balaban J connectivity index is 1.45. The minimum atomic E-state index is -0.333. The van der Waals surface area contributed by atoms with Gasteiger partial charge >= 0.3 is 6.03 Å². The average Bonchev–Trinajstić information content (AvgIpc) is 3.30. The summed E-state index contributed by atoms with van der Waals surface area (Å²) in [5.74, 6) is 1.54. The number of aromatic nitrogens is 4. The predicted octanol–water partition coefficient (Wildman–Crippen LogP) is 4.57. The molecule has 0 bridgehead atoms. The van der Waals surface area contributed by atoms with Crippen molar-refractivity contribution in [2.75, 3.05) is 41.8 Å². The van der Waals surface area contributed by atoms with E-state index >= 15 is 0 Å². The normalized spacial score (nSPS) is 14.2. The highest BCUT2D eigenvalue weighted by Crippen LogP contribution is 2.30. The van der Waals surface area contributed by atoms with Gasteiger partial charge in [-0.25, -0.2) is 14.3 Å². The van der Waals surface area contributed by atoms with Gasteiger partial charge < -0.3 is 20.3 Å². The Morgan fingerprint density at radius 3 is 2.40 bits per heavy atom. The molecule has 1 aliphatic heterocycles. The number of morpholine rings is 1. The molecule has 5 rings (SSSR count). The van der Waals surface area contributed by atoms with Crippen molar-refractivity contribution in [1.29, 1.82) is 0 Å². The molecule has 35 heavy (non-hydrogen) atoms. The van der Waals surface area contributed by atoms with Crippen LogP contribution in [0.3, 0.4) is 0 Å². The summed E-state index contributed by atoms with van der Waals surface area (Å²) in [4.78, 5) is 23.5. The summed E-state index contributed by atoms with van der Waals surface area (Å²) in [6.07, 6.45) is 3.25. The Bertz CT molecular complexity index is 1320. The largest absolute Gasteiger partial charge is 0.378 e. The van der Waals surface area contributed by atoms with Crippen LogP contribution in [0.5, 0.6) is 0 Å². The molecule has 0 atom stereocenters. The molecule has 180 valence electrons. The summed E-state index contributed by atoms with van der Waals surface area (Å²) in [7, 11) is 0. The third kappa shape index (κ3) is 4.95. The van der Waals surface area contributed by atoms with Crippen molar-refractivity contribution in [3.8, 4) is 11.4 Å². The topological polar surface area (TPSA) is 96.7 Å². The molecule has 1 fully saturated rings. The Morgan fingerprint density at radius 1 is 0.971 bits per heavy atom. The second kappa shape index (κ2) is 9.34. The van der Waals surface area contributed by atoms with E-state index in [1.165, 1.54) is 0 Å². The number of amides is 2. The van der Waals surface area contributed by atoms with Gasteiger partial charge in [0.2, 0.25) is 0 Å². The summed E-state index contributed by atoms with van der Waals surface area (Å²) in [5.41, 5.74) is 4.20. The molecule has 0 radical (unpaired) electrons. The molecule has 1 saturated heterocycles. The molecule has 9 nitrogen and oxygen atoms in total. The third-order valence-electron chi connectivity index (χ3n) is 5.89. The van der Waals surface area contributed by atoms with E-state index in [0.29, 0.717) is 30.4 Å². The van der Waals surface area contributed by atoms with E-state index in [4.69, 9.17) is 14.8 Å². The minimum absolute atomic E-state index is 0.0737. The molecule has 4 heterocycles. The maximum atomic E-state index is 12.3. The van der Waals surface area contributed by atoms with Gasteiger partial charge in [0, 0.05) is 41.6 Å². The second-order valence-corrected chi connectivity index (χ2v) is 9.52. The lowest BCUT2D eigenvalue weighted by Gasteiger charge is -2.29. The Kier molecular flexibility index (Phi) is 6.08. The van der Waals surface area contributed by atoms with Gasteiger partial charge in [0.15, 0.2) is 11.6 Å². The highest BCUT2D eigenvalue weighted by Gasteiger charge is 2.24. The number of nitrogens with zero attached hydrogens (tertiary/aromatic N) is 5. The number of anilines is 3. The molecule has 0 spiro atoms. The van der Waals surface area contributed by atoms with Crippen molar-refractivity contribution in [3.63, 3.8) is 0 Å². The monoisotopic (exact) mass is 471 g/mol. The number of carbonyl (C=O) groups excluding carboxylic acids is 1. The van der Waals surface area contributed by atoms with Crippen molar-refractivity contribution in [2.24, 2.45) is 0 Å². The van der Waals surface area contributed by atoms with Crippen LogP contribution in [0.4, 0.5) is 22.0 Å². The smallest absolute Gasteiger partial charge is 0.323 e. The zero-order valence-electron chi connectivity index (χ0n) is 20.2. The van der Waals surface area contributed by atoms with Crippen LogP contribution >= 0.6 is 0 Å². The van der Waals surface area contributed by atoms with Crippen LogP contribution in [0, 0.1) is 0 Å². The molecule has 0 saturated carbocycles. The van der Waals surface area contributed by atoms with Gasteiger partial charge in [0.1, 0.15) is 5.52 Å². The molecule has 0 aliphatic carbocycles. The number of fused-ring (bicyclic) bond motifs is 1. The highest BCUT2D eigenvalue weighted by molar-refractivity contribution is 5.99. The van der Waals surface area contributed by atoms with E-state index in [1.54, 1.807) is 24.5 Å². The van der Waals surface area contributed by atoms with Crippen LogP contribution in [-0.2, 0) is 10.2 Å². The number of hydrogen-bond donors (Lipinski definition) is 2. The Morgan fingerprint density at radius 2 is 1.71 bits per heavy atom. The van der Waals surface area contributed by atoms with Crippen molar-refractivity contribution in [2.45, 2.75) is 26.2 Å². The first kappa shape index (κ1) is 22.8. The fraction of sp³-hybridized carbons (Fsp3) is 0.308. The van der Waals surface area contributed by atoms with Gasteiger partial charge in [-0.1, -0.05) is 20.8 Å². The lowest BCUT2D eigenvalue weighted by atomic mass is 9.93. The van der Waals surface area contributed by atoms with Gasteiger partial charge in [0.25, 0.3) is 0 Å². The molecule has 4 aromatic rings. The summed E-state index contributed by atoms with van der Waals surface area (Å²) < 4.78 is 7.57. The highest BCUT2D eigenvalue weighted by atomic mass is 16.5. The van der Waals surface area contributed by atoms with Crippen molar-refractivity contribution in [3.05, 3.63) is 66.6 Å². The number of hydrogen-bond acceptors (Lipinski definition) is 6. The van der Waals surface area contributed by atoms with E-state index in [2.05, 4.69) is 53.4 Å². The van der Waals surface area contributed by atoms with E-state index in [0.717, 1.165) is 35.7 Å². The zero-order valence-corrected chi connectivity index (χ0v) is 20.2. The first-order valence-corrected chi connectivity index (χ1v) is 11.7. The van der Waals surface area contributed by atoms with Crippen LogP contribution < -0.4 is 15.5 Å². The lowest BCUT2D eigenvalue weighted by Crippen LogP contribution is -2.37. The number of pyridine rings is 1. The quantitative estimate of drug-likeness (QED) is 0.453. The van der Waals surface area contributed by atoms with Crippen molar-refractivity contribution in [1.82, 2.24) is 19.6 Å². The lowest BCUT2D eigenvalue weighted by molar-refractivity contribution is 0.122. The zero-order chi connectivity index (χ0) is 24.4. The molecule has 0 unspecified atom stereocenters. The number of nitrogens with one attached hydrogen (secondary N) is 2. The van der Waals surface area contributed by atoms with Gasteiger partial charge in [-0.05, 0) is 48.5 Å². The predicted molar refractivity (Wildman–Crippen MR) is 137 cm³/mol. The fourth-order valence-electron chi connectivity index (χ4n) is 4.11. The van der Waals surface area contributed by atoms with Crippen LogP contribution in [-0.4, -0.2) is 51.9 Å². The van der Waals surface area contributed by atoms with E-state index in [1.807, 2.05) is 28.8 Å². The second-order valence-electron chi connectivity index (χ2n) is 9.52.